The van der Waals surface area contributed by atoms with Gasteiger partial charge in [0.25, 0.3) is 0 Å². The summed E-state index contributed by atoms with van der Waals surface area (Å²) in [5, 5.41) is 8.98. The van der Waals surface area contributed by atoms with Crippen LogP contribution in [0.25, 0.3) is 0 Å². The summed E-state index contributed by atoms with van der Waals surface area (Å²) in [5.74, 6) is 0. The first-order valence-electron chi connectivity index (χ1n) is 7.54. The van der Waals surface area contributed by atoms with Crippen LogP contribution in [0.2, 0.25) is 0 Å². The Morgan fingerprint density at radius 2 is 1.45 bits per heavy atom. The Morgan fingerprint density at radius 1 is 0.950 bits per heavy atom. The standard InChI is InChI=1S/C14H30O4S.Na/c1-3-5-7-10-13(15)11-8-6-9-12-14(4-2)19(16,17)18;/h13-15H,3-12H2,1-2H3,(H,16,17,18);/q;+1/p-1. The number of unbranched alkanes of at least 4 members (excludes halogenated alkanes) is 4. The second-order valence-electron chi connectivity index (χ2n) is 5.31. The number of hydrogen-bond acceptors (Lipinski definition) is 4. The average Bonchev–Trinajstić information content (AvgIpc) is 2.32. The van der Waals surface area contributed by atoms with Gasteiger partial charge in [-0.1, -0.05) is 52.4 Å². The van der Waals surface area contributed by atoms with E-state index in [-0.39, 0.29) is 35.7 Å². The fraction of sp³-hybridized carbons (Fsp3) is 1.00. The third-order valence-corrected chi connectivity index (χ3v) is 4.95. The monoisotopic (exact) mass is 316 g/mol. The molecule has 0 aromatic carbocycles. The topological polar surface area (TPSA) is 77.4 Å². The second-order valence-corrected chi connectivity index (χ2v) is 6.96. The maximum Gasteiger partial charge on any atom is 1.00 e. The number of hydrogen-bond donors (Lipinski definition) is 1. The summed E-state index contributed by atoms with van der Waals surface area (Å²) in [7, 11) is -4.13. The summed E-state index contributed by atoms with van der Waals surface area (Å²) < 4.78 is 32.7. The Morgan fingerprint density at radius 3 is 1.90 bits per heavy atom. The van der Waals surface area contributed by atoms with E-state index in [0.29, 0.717) is 12.8 Å². The van der Waals surface area contributed by atoms with Crippen LogP contribution in [0.5, 0.6) is 0 Å². The van der Waals surface area contributed by atoms with Crippen molar-refractivity contribution in [3.8, 4) is 0 Å². The number of rotatable bonds is 12. The largest absolute Gasteiger partial charge is 1.00 e. The van der Waals surface area contributed by atoms with Gasteiger partial charge in [-0.25, -0.2) is 8.42 Å². The van der Waals surface area contributed by atoms with Gasteiger partial charge >= 0.3 is 29.6 Å². The zero-order valence-electron chi connectivity index (χ0n) is 13.3. The van der Waals surface area contributed by atoms with Crippen LogP contribution in [-0.2, 0) is 10.1 Å². The molecule has 0 fully saturated rings. The minimum absolute atomic E-state index is 0. The SMILES string of the molecule is CCCCCC(O)CCCCCC(CC)S(=O)(=O)[O-].[Na+]. The summed E-state index contributed by atoms with van der Waals surface area (Å²) in [6.45, 7) is 3.87. The van der Waals surface area contributed by atoms with Gasteiger partial charge in [-0.05, 0) is 25.7 Å². The third-order valence-electron chi connectivity index (χ3n) is 3.57. The third kappa shape index (κ3) is 12.6. The molecule has 0 heterocycles. The Bertz CT molecular complexity index is 306. The van der Waals surface area contributed by atoms with Gasteiger partial charge in [-0.15, -0.1) is 0 Å². The average molecular weight is 316 g/mol. The minimum Gasteiger partial charge on any atom is -0.748 e. The molecule has 2 unspecified atom stereocenters. The van der Waals surface area contributed by atoms with Crippen LogP contribution in [0.3, 0.4) is 0 Å². The fourth-order valence-corrected chi connectivity index (χ4v) is 3.12. The molecule has 0 aliphatic heterocycles. The molecule has 6 heteroatoms. The molecule has 0 amide bonds. The maximum atomic E-state index is 10.9. The van der Waals surface area contributed by atoms with E-state index in [1.807, 2.05) is 0 Å². The molecule has 0 saturated carbocycles. The summed E-state index contributed by atoms with van der Waals surface area (Å²) in [4.78, 5) is 0. The molecule has 0 aromatic heterocycles. The van der Waals surface area contributed by atoms with Crippen molar-refractivity contribution >= 4 is 10.1 Å². The van der Waals surface area contributed by atoms with Crippen molar-refractivity contribution in [2.24, 2.45) is 0 Å². The Kier molecular flexibility index (Phi) is 15.7. The van der Waals surface area contributed by atoms with E-state index in [2.05, 4.69) is 6.92 Å². The van der Waals surface area contributed by atoms with Gasteiger partial charge in [0, 0.05) is 5.25 Å². The summed E-state index contributed by atoms with van der Waals surface area (Å²) in [5.41, 5.74) is 0. The van der Waals surface area contributed by atoms with Crippen molar-refractivity contribution in [1.29, 1.82) is 0 Å². The molecule has 0 aromatic rings. The van der Waals surface area contributed by atoms with Crippen LogP contribution >= 0.6 is 0 Å². The van der Waals surface area contributed by atoms with E-state index < -0.39 is 15.4 Å². The van der Waals surface area contributed by atoms with E-state index >= 15 is 0 Å². The molecular formula is C14H29NaO4S. The predicted molar refractivity (Wildman–Crippen MR) is 77.0 cm³/mol. The Balaban J connectivity index is 0. The minimum atomic E-state index is -4.13. The molecule has 20 heavy (non-hydrogen) atoms. The van der Waals surface area contributed by atoms with Crippen molar-refractivity contribution in [2.75, 3.05) is 0 Å². The van der Waals surface area contributed by atoms with E-state index in [0.717, 1.165) is 51.4 Å². The van der Waals surface area contributed by atoms with Crippen LogP contribution in [0.4, 0.5) is 0 Å². The molecule has 1 N–H and O–H groups in total. The molecule has 116 valence electrons. The predicted octanol–water partition coefficient (Wildman–Crippen LogP) is 0.206. The molecule has 4 nitrogen and oxygen atoms in total. The first kappa shape index (κ1) is 23.1. The first-order chi connectivity index (χ1) is 8.91. The molecule has 0 spiro atoms. The van der Waals surface area contributed by atoms with Crippen LogP contribution in [-0.4, -0.2) is 29.4 Å². The van der Waals surface area contributed by atoms with E-state index in [1.165, 1.54) is 0 Å². The Labute approximate surface area is 146 Å². The smallest absolute Gasteiger partial charge is 0.748 e. The molecule has 0 saturated heterocycles. The normalized spacial score (nSPS) is 14.6. The van der Waals surface area contributed by atoms with Crippen LogP contribution in [0, 0.1) is 0 Å². The molecule has 0 aliphatic carbocycles. The van der Waals surface area contributed by atoms with Gasteiger partial charge in [-0.3, -0.25) is 0 Å². The second kappa shape index (κ2) is 13.5. The van der Waals surface area contributed by atoms with Crippen molar-refractivity contribution in [3.05, 3.63) is 0 Å². The molecule has 0 aliphatic rings. The van der Waals surface area contributed by atoms with Gasteiger partial charge < -0.3 is 9.66 Å². The Hall–Kier alpha value is 0.870. The summed E-state index contributed by atoms with van der Waals surface area (Å²) >= 11 is 0. The zero-order chi connectivity index (χ0) is 14.7. The van der Waals surface area contributed by atoms with Crippen LogP contribution in [0.1, 0.15) is 78.1 Å². The zero-order valence-corrected chi connectivity index (χ0v) is 16.1. The maximum absolute atomic E-state index is 10.9. The molecule has 2 atom stereocenters. The molecule has 0 rings (SSSR count). The fourth-order valence-electron chi connectivity index (χ4n) is 2.26. The molecule has 0 bridgehead atoms. The van der Waals surface area contributed by atoms with E-state index in [4.69, 9.17) is 0 Å². The van der Waals surface area contributed by atoms with Gasteiger partial charge in [-0.2, -0.15) is 0 Å². The van der Waals surface area contributed by atoms with Gasteiger partial charge in [0.15, 0.2) is 0 Å². The van der Waals surface area contributed by atoms with Gasteiger partial charge in [0.1, 0.15) is 0 Å². The van der Waals surface area contributed by atoms with Crippen molar-refractivity contribution in [1.82, 2.24) is 0 Å². The quantitative estimate of drug-likeness (QED) is 0.317. The summed E-state index contributed by atoms with van der Waals surface area (Å²) in [6, 6.07) is 0. The van der Waals surface area contributed by atoms with Crippen molar-refractivity contribution < 1.29 is 47.6 Å². The van der Waals surface area contributed by atoms with E-state index in [9.17, 15) is 18.1 Å². The van der Waals surface area contributed by atoms with E-state index in [1.54, 1.807) is 6.92 Å². The van der Waals surface area contributed by atoms with Crippen LogP contribution < -0.4 is 29.6 Å². The van der Waals surface area contributed by atoms with Crippen molar-refractivity contribution in [3.63, 3.8) is 0 Å². The number of aliphatic hydroxyl groups excluding tert-OH is 1. The van der Waals surface area contributed by atoms with Gasteiger partial charge in [0.05, 0.1) is 16.2 Å². The number of aliphatic hydroxyl groups is 1. The van der Waals surface area contributed by atoms with Gasteiger partial charge in [0.2, 0.25) is 0 Å². The molecular weight excluding hydrogens is 287 g/mol. The first-order valence-corrected chi connectivity index (χ1v) is 9.01. The van der Waals surface area contributed by atoms with Crippen LogP contribution in [0.15, 0.2) is 0 Å². The molecule has 0 radical (unpaired) electrons. The summed E-state index contributed by atoms with van der Waals surface area (Å²) in [6.07, 6.45) is 8.21. The van der Waals surface area contributed by atoms with Crippen molar-refractivity contribution in [2.45, 2.75) is 89.4 Å².